The van der Waals surface area contributed by atoms with Crippen LogP contribution in [0.1, 0.15) is 24.8 Å². The van der Waals surface area contributed by atoms with E-state index in [1.807, 2.05) is 4.90 Å². The van der Waals surface area contributed by atoms with Crippen LogP contribution in [0.4, 0.5) is 8.78 Å². The van der Waals surface area contributed by atoms with Crippen LogP contribution in [0.2, 0.25) is 0 Å². The minimum absolute atomic E-state index is 0.0411. The molecular weight excluding hydrogens is 316 g/mol. The number of aliphatic hydroxyl groups excluding tert-OH is 1. The summed E-state index contributed by atoms with van der Waals surface area (Å²) in [5.41, 5.74) is 0.0741. The summed E-state index contributed by atoms with van der Waals surface area (Å²) in [7, 11) is 0. The lowest BCUT2D eigenvalue weighted by atomic mass is 10.0. The number of nitrogens with zero attached hydrogens (tertiary/aromatic N) is 1. The summed E-state index contributed by atoms with van der Waals surface area (Å²) >= 11 is 0. The standard InChI is InChI=1S/C17H23F2N3O2/c18-14-4-1-5-15(19)13(14)10-22-6-2-3-11(9-22)21-17(24)16-7-12(23)8-20-16/h1,4-5,11-12,16,20,23H,2-3,6-10H2,(H,21,24)/t11-,12+,16+/m1/s1. The lowest BCUT2D eigenvalue weighted by Gasteiger charge is -2.33. The van der Waals surface area contributed by atoms with E-state index in [-0.39, 0.29) is 30.1 Å². The summed E-state index contributed by atoms with van der Waals surface area (Å²) < 4.78 is 27.6. The first-order chi connectivity index (χ1) is 11.5. The highest BCUT2D eigenvalue weighted by molar-refractivity contribution is 5.82. The fourth-order valence-electron chi connectivity index (χ4n) is 3.44. The lowest BCUT2D eigenvalue weighted by molar-refractivity contribution is -0.124. The van der Waals surface area contributed by atoms with Gasteiger partial charge in [-0.05, 0) is 37.9 Å². The molecule has 1 aromatic carbocycles. The Morgan fingerprint density at radius 2 is 2.12 bits per heavy atom. The minimum Gasteiger partial charge on any atom is -0.392 e. The van der Waals surface area contributed by atoms with Crippen molar-refractivity contribution in [2.45, 2.75) is 44.0 Å². The van der Waals surface area contributed by atoms with E-state index in [4.69, 9.17) is 0 Å². The zero-order valence-corrected chi connectivity index (χ0v) is 13.5. The highest BCUT2D eigenvalue weighted by Gasteiger charge is 2.30. The van der Waals surface area contributed by atoms with Crippen LogP contribution in [0.5, 0.6) is 0 Å². The van der Waals surface area contributed by atoms with Gasteiger partial charge in [0, 0.05) is 31.2 Å². The molecule has 0 aromatic heterocycles. The maximum absolute atomic E-state index is 13.8. The van der Waals surface area contributed by atoms with Crippen LogP contribution in [0, 0.1) is 11.6 Å². The molecule has 0 aliphatic carbocycles. The zero-order valence-electron chi connectivity index (χ0n) is 13.5. The summed E-state index contributed by atoms with van der Waals surface area (Å²) in [5.74, 6) is -1.19. The SMILES string of the molecule is O=C(N[C@@H]1CCCN(Cc2c(F)cccc2F)C1)[C@@H]1C[C@H](O)CN1. The number of benzene rings is 1. The summed E-state index contributed by atoms with van der Waals surface area (Å²) in [6, 6.07) is 3.48. The van der Waals surface area contributed by atoms with Crippen LogP contribution in [0.3, 0.4) is 0 Å². The maximum atomic E-state index is 13.8. The maximum Gasteiger partial charge on any atom is 0.237 e. The number of β-amino-alcohol motifs (C(OH)–C–C–N with tert-alkyl or cyclic N) is 1. The molecule has 2 fully saturated rings. The molecule has 2 aliphatic rings. The Balaban J connectivity index is 1.55. The van der Waals surface area contributed by atoms with Gasteiger partial charge in [-0.15, -0.1) is 0 Å². The van der Waals surface area contributed by atoms with Crippen molar-refractivity contribution in [3.63, 3.8) is 0 Å². The monoisotopic (exact) mass is 339 g/mol. The Hall–Kier alpha value is -1.57. The highest BCUT2D eigenvalue weighted by Crippen LogP contribution is 2.18. The molecule has 5 nitrogen and oxygen atoms in total. The van der Waals surface area contributed by atoms with E-state index in [0.29, 0.717) is 19.5 Å². The molecule has 0 unspecified atom stereocenters. The molecule has 0 bridgehead atoms. The van der Waals surface area contributed by atoms with Crippen LogP contribution in [0.15, 0.2) is 18.2 Å². The first-order valence-corrected chi connectivity index (χ1v) is 8.40. The Labute approximate surface area is 140 Å². The third-order valence-corrected chi connectivity index (χ3v) is 4.72. The predicted molar refractivity (Wildman–Crippen MR) is 85.2 cm³/mol. The van der Waals surface area contributed by atoms with Crippen molar-refractivity contribution < 1.29 is 18.7 Å². The molecule has 7 heteroatoms. The van der Waals surface area contributed by atoms with Gasteiger partial charge in [0.15, 0.2) is 0 Å². The number of piperidine rings is 1. The highest BCUT2D eigenvalue weighted by atomic mass is 19.1. The molecule has 3 atom stereocenters. The molecule has 24 heavy (non-hydrogen) atoms. The number of carbonyl (C=O) groups excluding carboxylic acids is 1. The van der Waals surface area contributed by atoms with Crippen LogP contribution in [-0.4, -0.2) is 53.7 Å². The second kappa shape index (κ2) is 7.55. The molecule has 3 rings (SSSR count). The summed E-state index contributed by atoms with van der Waals surface area (Å²) in [6.07, 6.45) is 1.65. The zero-order chi connectivity index (χ0) is 17.1. The van der Waals surface area contributed by atoms with Crippen LogP contribution in [0.25, 0.3) is 0 Å². The van der Waals surface area contributed by atoms with Crippen molar-refractivity contribution >= 4 is 5.91 Å². The predicted octanol–water partition coefficient (Wildman–Crippen LogP) is 0.768. The van der Waals surface area contributed by atoms with Crippen molar-refractivity contribution in [1.29, 1.82) is 0 Å². The van der Waals surface area contributed by atoms with Gasteiger partial charge in [0.2, 0.25) is 5.91 Å². The number of aliphatic hydroxyl groups is 1. The van der Waals surface area contributed by atoms with E-state index in [9.17, 15) is 18.7 Å². The summed E-state index contributed by atoms with van der Waals surface area (Å²) in [4.78, 5) is 14.2. The average Bonchev–Trinajstić information content (AvgIpc) is 2.98. The van der Waals surface area contributed by atoms with Crippen molar-refractivity contribution in [3.8, 4) is 0 Å². The van der Waals surface area contributed by atoms with Crippen molar-refractivity contribution in [3.05, 3.63) is 35.4 Å². The first-order valence-electron chi connectivity index (χ1n) is 8.40. The summed E-state index contributed by atoms with van der Waals surface area (Å²) in [5, 5.41) is 15.5. The quantitative estimate of drug-likeness (QED) is 0.758. The second-order valence-electron chi connectivity index (χ2n) is 6.63. The molecule has 2 heterocycles. The molecule has 132 valence electrons. The number of rotatable bonds is 4. The Kier molecular flexibility index (Phi) is 5.43. The van der Waals surface area contributed by atoms with Gasteiger partial charge in [-0.2, -0.15) is 0 Å². The lowest BCUT2D eigenvalue weighted by Crippen LogP contribution is -2.51. The topological polar surface area (TPSA) is 64.6 Å². The van der Waals surface area contributed by atoms with Crippen LogP contribution < -0.4 is 10.6 Å². The number of carbonyl (C=O) groups is 1. The molecule has 1 amide bonds. The average molecular weight is 339 g/mol. The minimum atomic E-state index is -0.537. The number of hydrogen-bond acceptors (Lipinski definition) is 4. The van der Waals surface area contributed by atoms with Crippen molar-refractivity contribution in [1.82, 2.24) is 15.5 Å². The molecular formula is C17H23F2N3O2. The van der Waals surface area contributed by atoms with Gasteiger partial charge in [-0.3, -0.25) is 9.69 Å². The van der Waals surface area contributed by atoms with Crippen LogP contribution in [-0.2, 0) is 11.3 Å². The fraction of sp³-hybridized carbons (Fsp3) is 0.588. The molecule has 1 aromatic rings. The number of halogens is 2. The summed E-state index contributed by atoms with van der Waals surface area (Å²) in [6.45, 7) is 1.95. The largest absolute Gasteiger partial charge is 0.392 e. The molecule has 2 saturated heterocycles. The Morgan fingerprint density at radius 1 is 1.38 bits per heavy atom. The Morgan fingerprint density at radius 3 is 2.79 bits per heavy atom. The van der Waals surface area contributed by atoms with Gasteiger partial charge in [0.25, 0.3) is 0 Å². The van der Waals surface area contributed by atoms with E-state index in [2.05, 4.69) is 10.6 Å². The van der Waals surface area contributed by atoms with Gasteiger partial charge in [0.1, 0.15) is 11.6 Å². The van der Waals surface area contributed by atoms with Crippen molar-refractivity contribution in [2.24, 2.45) is 0 Å². The van der Waals surface area contributed by atoms with Gasteiger partial charge in [0.05, 0.1) is 12.1 Å². The van der Waals surface area contributed by atoms with Gasteiger partial charge in [-0.1, -0.05) is 6.07 Å². The van der Waals surface area contributed by atoms with E-state index in [1.54, 1.807) is 0 Å². The van der Waals surface area contributed by atoms with E-state index < -0.39 is 17.7 Å². The fourth-order valence-corrected chi connectivity index (χ4v) is 3.44. The van der Waals surface area contributed by atoms with Crippen LogP contribution >= 0.6 is 0 Å². The van der Waals surface area contributed by atoms with E-state index in [1.165, 1.54) is 18.2 Å². The number of hydrogen-bond donors (Lipinski definition) is 3. The van der Waals surface area contributed by atoms with Gasteiger partial charge < -0.3 is 15.7 Å². The third-order valence-electron chi connectivity index (χ3n) is 4.72. The van der Waals surface area contributed by atoms with Gasteiger partial charge >= 0.3 is 0 Å². The molecule has 0 radical (unpaired) electrons. The molecule has 2 aliphatic heterocycles. The van der Waals surface area contributed by atoms with E-state index >= 15 is 0 Å². The normalized spacial score (nSPS) is 28.0. The molecule has 3 N–H and O–H groups in total. The number of nitrogens with one attached hydrogen (secondary N) is 2. The number of amides is 1. The van der Waals surface area contributed by atoms with Gasteiger partial charge in [-0.25, -0.2) is 8.78 Å². The molecule has 0 saturated carbocycles. The van der Waals surface area contributed by atoms with E-state index in [0.717, 1.165) is 19.4 Å². The molecule has 0 spiro atoms. The first kappa shape index (κ1) is 17.3. The third kappa shape index (κ3) is 4.09. The number of likely N-dealkylation sites (tertiary alicyclic amines) is 1. The second-order valence-corrected chi connectivity index (χ2v) is 6.63. The van der Waals surface area contributed by atoms with Crippen molar-refractivity contribution in [2.75, 3.05) is 19.6 Å². The Bertz CT molecular complexity index is 579. The smallest absolute Gasteiger partial charge is 0.237 e.